The van der Waals surface area contributed by atoms with Crippen LogP contribution in [0.5, 0.6) is 0 Å². The van der Waals surface area contributed by atoms with Crippen molar-refractivity contribution in [2.24, 2.45) is 5.92 Å². The van der Waals surface area contributed by atoms with Crippen LogP contribution in [0.2, 0.25) is 18.1 Å². The molecule has 0 saturated carbocycles. The van der Waals surface area contributed by atoms with Crippen LogP contribution in [0.15, 0.2) is 125 Å². The average Bonchev–Trinajstić information content (AvgIpc) is 3.00. The predicted octanol–water partition coefficient (Wildman–Crippen LogP) is 9.06. The van der Waals surface area contributed by atoms with E-state index in [0.717, 1.165) is 21.2 Å². The fourth-order valence-electron chi connectivity index (χ4n) is 5.82. The van der Waals surface area contributed by atoms with Gasteiger partial charge in [-0.3, -0.25) is 8.98 Å². The summed E-state index contributed by atoms with van der Waals surface area (Å²) in [5.74, 6) is -0.731. The number of rotatable bonds is 10. The maximum absolute atomic E-state index is 14.3. The molecule has 1 fully saturated rings. The third-order valence-corrected chi connectivity index (χ3v) is 18.5. The zero-order valence-electron chi connectivity index (χ0n) is 26.5. The highest BCUT2D eigenvalue weighted by Crippen LogP contribution is 2.57. The molecule has 1 heterocycles. The molecule has 3 unspecified atom stereocenters. The summed E-state index contributed by atoms with van der Waals surface area (Å²) in [5, 5.41) is -0.483. The molecule has 0 spiro atoms. The Bertz CT molecular complexity index is 1630. The molecular formula is C36H40BrNO4S2Si. The van der Waals surface area contributed by atoms with Crippen molar-refractivity contribution in [3.63, 3.8) is 0 Å². The van der Waals surface area contributed by atoms with E-state index in [0.29, 0.717) is 0 Å². The zero-order valence-corrected chi connectivity index (χ0v) is 30.7. The Hall–Kier alpha value is -2.69. The summed E-state index contributed by atoms with van der Waals surface area (Å²) in [6, 6.07) is 37.5. The number of thioether (sulfide) groups is 1. The van der Waals surface area contributed by atoms with Gasteiger partial charge >= 0.3 is 0 Å². The quantitative estimate of drug-likeness (QED) is 0.0708. The van der Waals surface area contributed by atoms with Crippen LogP contribution in [-0.4, -0.2) is 38.6 Å². The SMILES string of the molecule is CC(OS(=O)(=O)c1ccc(Br)cc1)C1C(=O)N([Si](C)(C)C(C)(C)C)C1SC(c1ccccc1)(c1ccccc1)c1ccccc1. The number of hydrogen-bond donors (Lipinski definition) is 0. The van der Waals surface area contributed by atoms with Gasteiger partial charge in [-0.05, 0) is 52.9 Å². The van der Waals surface area contributed by atoms with Gasteiger partial charge in [0.2, 0.25) is 5.91 Å². The molecule has 0 radical (unpaired) electrons. The van der Waals surface area contributed by atoms with E-state index in [1.807, 2.05) is 54.6 Å². The summed E-state index contributed by atoms with van der Waals surface area (Å²) in [7, 11) is -6.53. The van der Waals surface area contributed by atoms with Gasteiger partial charge in [0.1, 0.15) is 0 Å². The third kappa shape index (κ3) is 6.34. The van der Waals surface area contributed by atoms with Gasteiger partial charge in [0.15, 0.2) is 8.24 Å². The first-order chi connectivity index (χ1) is 21.2. The van der Waals surface area contributed by atoms with E-state index in [1.54, 1.807) is 30.8 Å². The number of amides is 1. The Kier molecular flexibility index (Phi) is 9.60. The third-order valence-electron chi connectivity index (χ3n) is 9.25. The smallest absolute Gasteiger partial charge is 0.297 e. The maximum atomic E-state index is 14.3. The highest BCUT2D eigenvalue weighted by atomic mass is 79.9. The minimum absolute atomic E-state index is 0.0549. The predicted molar refractivity (Wildman–Crippen MR) is 190 cm³/mol. The molecule has 4 aromatic rings. The standard InChI is InChI=1S/C36H40BrNO4S2Si/c1-26(42-44(40,41)31-24-22-30(37)23-25-31)32-33(39)38(45(5,6)35(2,3)4)34(32)43-36(27-16-10-7-11-17-27,28-18-12-8-13-19-28)29-20-14-9-15-21-29/h7-26,32,34H,1-6H3. The van der Waals surface area contributed by atoms with Crippen LogP contribution in [-0.2, 0) is 23.8 Å². The summed E-state index contributed by atoms with van der Waals surface area (Å²) >= 11 is 5.08. The highest BCUT2D eigenvalue weighted by molar-refractivity contribution is 9.10. The average molecular weight is 723 g/mol. The largest absolute Gasteiger partial charge is 0.356 e. The molecule has 1 aliphatic heterocycles. The monoisotopic (exact) mass is 721 g/mol. The molecule has 0 N–H and O–H groups in total. The van der Waals surface area contributed by atoms with Crippen LogP contribution in [0.1, 0.15) is 44.4 Å². The van der Waals surface area contributed by atoms with Gasteiger partial charge < -0.3 is 4.57 Å². The first-order valence-corrected chi connectivity index (χ1v) is 21.1. The molecule has 236 valence electrons. The van der Waals surface area contributed by atoms with E-state index in [1.165, 1.54) is 12.1 Å². The molecule has 3 atom stereocenters. The lowest BCUT2D eigenvalue weighted by Crippen LogP contribution is -2.74. The highest BCUT2D eigenvalue weighted by Gasteiger charge is 2.61. The fraction of sp³-hybridized carbons (Fsp3) is 0.306. The second-order valence-corrected chi connectivity index (χ2v) is 22.0. The Morgan fingerprint density at radius 3 is 1.60 bits per heavy atom. The van der Waals surface area contributed by atoms with Crippen LogP contribution in [0.3, 0.4) is 0 Å². The molecule has 0 bridgehead atoms. The second-order valence-electron chi connectivity index (χ2n) is 13.0. The summed E-state index contributed by atoms with van der Waals surface area (Å²) in [4.78, 5) is 14.4. The Balaban J connectivity index is 1.66. The lowest BCUT2D eigenvalue weighted by Gasteiger charge is -2.60. The van der Waals surface area contributed by atoms with Crippen molar-refractivity contribution in [2.75, 3.05) is 0 Å². The Labute approximate surface area is 281 Å². The summed E-state index contributed by atoms with van der Waals surface area (Å²) in [6.07, 6.45) is -0.885. The van der Waals surface area contributed by atoms with Crippen LogP contribution < -0.4 is 0 Å². The van der Waals surface area contributed by atoms with Gasteiger partial charge in [-0.2, -0.15) is 8.42 Å². The van der Waals surface area contributed by atoms with Gasteiger partial charge in [0, 0.05) is 4.47 Å². The first kappa shape index (κ1) is 33.7. The van der Waals surface area contributed by atoms with Gasteiger partial charge in [-0.15, -0.1) is 11.8 Å². The van der Waals surface area contributed by atoms with E-state index in [2.05, 4.69) is 90.8 Å². The summed E-state index contributed by atoms with van der Waals surface area (Å²) in [5.41, 5.74) is 3.24. The molecule has 45 heavy (non-hydrogen) atoms. The van der Waals surface area contributed by atoms with E-state index in [-0.39, 0.29) is 21.2 Å². The normalized spacial score (nSPS) is 18.4. The van der Waals surface area contributed by atoms with E-state index < -0.39 is 35.1 Å². The molecular weight excluding hydrogens is 683 g/mol. The van der Waals surface area contributed by atoms with E-state index >= 15 is 0 Å². The van der Waals surface area contributed by atoms with E-state index in [4.69, 9.17) is 4.18 Å². The molecule has 0 aliphatic carbocycles. The number of nitrogens with zero attached hydrogens (tertiary/aromatic N) is 1. The number of hydrogen-bond acceptors (Lipinski definition) is 5. The van der Waals surface area contributed by atoms with Gasteiger partial charge in [0.25, 0.3) is 10.1 Å². The first-order valence-electron chi connectivity index (χ1n) is 15.1. The molecule has 5 nitrogen and oxygen atoms in total. The van der Waals surface area contributed by atoms with Gasteiger partial charge in [0.05, 0.1) is 27.0 Å². The van der Waals surface area contributed by atoms with Crippen molar-refractivity contribution in [3.8, 4) is 0 Å². The second kappa shape index (κ2) is 12.8. The van der Waals surface area contributed by atoms with Crippen molar-refractivity contribution >= 4 is 52.0 Å². The van der Waals surface area contributed by atoms with Crippen molar-refractivity contribution in [3.05, 3.63) is 136 Å². The number of benzene rings is 4. The number of β-lactam (4-membered cyclic amide) rings is 1. The number of carbonyl (C=O) groups excluding carboxylic acids is 1. The molecule has 0 aromatic heterocycles. The minimum Gasteiger partial charge on any atom is -0.356 e. The number of halogens is 1. The molecule has 1 aliphatic rings. The summed E-state index contributed by atoms with van der Waals surface area (Å²) < 4.78 is 34.9. The Morgan fingerprint density at radius 1 is 0.778 bits per heavy atom. The van der Waals surface area contributed by atoms with Gasteiger partial charge in [-0.25, -0.2) is 0 Å². The van der Waals surface area contributed by atoms with Crippen LogP contribution >= 0.6 is 27.7 Å². The topological polar surface area (TPSA) is 63.7 Å². The van der Waals surface area contributed by atoms with Crippen LogP contribution in [0, 0.1) is 5.92 Å². The number of carbonyl (C=O) groups is 1. The summed E-state index contributed by atoms with van der Waals surface area (Å²) in [6.45, 7) is 12.8. The maximum Gasteiger partial charge on any atom is 0.297 e. The van der Waals surface area contributed by atoms with Crippen molar-refractivity contribution in [1.82, 2.24) is 4.57 Å². The lowest BCUT2D eigenvalue weighted by molar-refractivity contribution is -0.148. The van der Waals surface area contributed by atoms with Crippen molar-refractivity contribution in [2.45, 2.75) is 66.9 Å². The molecule has 1 saturated heterocycles. The molecule has 9 heteroatoms. The molecule has 4 aromatic carbocycles. The van der Waals surface area contributed by atoms with E-state index in [9.17, 15) is 13.2 Å². The Morgan fingerprint density at radius 2 is 1.20 bits per heavy atom. The van der Waals surface area contributed by atoms with Crippen molar-refractivity contribution in [1.29, 1.82) is 0 Å². The molecule has 1 amide bonds. The van der Waals surface area contributed by atoms with Gasteiger partial charge in [-0.1, -0.05) is 141 Å². The van der Waals surface area contributed by atoms with Crippen LogP contribution in [0.25, 0.3) is 0 Å². The molecule has 5 rings (SSSR count). The van der Waals surface area contributed by atoms with Crippen LogP contribution in [0.4, 0.5) is 0 Å². The fourth-order valence-corrected chi connectivity index (χ4v) is 12.2. The minimum atomic E-state index is -4.12. The zero-order chi connectivity index (χ0) is 32.6. The lowest BCUT2D eigenvalue weighted by atomic mass is 9.84. The van der Waals surface area contributed by atoms with Crippen molar-refractivity contribution < 1.29 is 17.4 Å².